The van der Waals surface area contributed by atoms with Crippen LogP contribution in [-0.2, 0) is 0 Å². The van der Waals surface area contributed by atoms with Crippen LogP contribution in [-0.4, -0.2) is 25.3 Å². The van der Waals surface area contributed by atoms with Gasteiger partial charge in [0.2, 0.25) is 5.76 Å². The predicted molar refractivity (Wildman–Crippen MR) is 64.2 cm³/mol. The van der Waals surface area contributed by atoms with Gasteiger partial charge in [0.25, 0.3) is 0 Å². The van der Waals surface area contributed by atoms with E-state index in [1.54, 1.807) is 24.3 Å². The second-order valence-corrected chi connectivity index (χ2v) is 3.51. The molecular formula is C13H12O5. The minimum Gasteiger partial charge on any atom is -0.496 e. The SMILES string of the molecule is COc1cccc(OC)c1-c1ccc(C(=O)O)o1. The molecule has 0 aliphatic carbocycles. The standard InChI is InChI=1S/C13H12O5/c1-16-8-4-3-5-9(17-2)12(8)10-6-7-11(18-10)13(14)15/h3-7H,1-2H3,(H,14,15). The Bertz CT molecular complexity index is 548. The van der Waals surface area contributed by atoms with Crippen molar-refractivity contribution in [2.45, 2.75) is 0 Å². The van der Waals surface area contributed by atoms with Gasteiger partial charge in [0, 0.05) is 0 Å². The second kappa shape index (κ2) is 4.83. The van der Waals surface area contributed by atoms with E-state index in [9.17, 15) is 4.79 Å². The van der Waals surface area contributed by atoms with Crippen molar-refractivity contribution in [1.29, 1.82) is 0 Å². The smallest absolute Gasteiger partial charge is 0.371 e. The third kappa shape index (κ3) is 2.02. The Balaban J connectivity index is 2.57. The van der Waals surface area contributed by atoms with Gasteiger partial charge in [0.05, 0.1) is 14.2 Å². The summed E-state index contributed by atoms with van der Waals surface area (Å²) in [4.78, 5) is 10.8. The first-order chi connectivity index (χ1) is 8.67. The molecule has 1 aromatic heterocycles. The Morgan fingerprint density at radius 1 is 1.11 bits per heavy atom. The fourth-order valence-electron chi connectivity index (χ4n) is 1.68. The molecule has 5 nitrogen and oxygen atoms in total. The molecule has 0 unspecified atom stereocenters. The van der Waals surface area contributed by atoms with Crippen LogP contribution in [0.1, 0.15) is 10.6 Å². The molecule has 0 amide bonds. The summed E-state index contributed by atoms with van der Waals surface area (Å²) < 4.78 is 15.7. The van der Waals surface area contributed by atoms with Gasteiger partial charge in [-0.15, -0.1) is 0 Å². The lowest BCUT2D eigenvalue weighted by Crippen LogP contribution is -1.93. The van der Waals surface area contributed by atoms with E-state index in [4.69, 9.17) is 19.0 Å². The van der Waals surface area contributed by atoms with Crippen LogP contribution in [0.15, 0.2) is 34.7 Å². The monoisotopic (exact) mass is 248 g/mol. The Hall–Kier alpha value is -2.43. The Kier molecular flexibility index (Phi) is 3.23. The maximum atomic E-state index is 10.8. The summed E-state index contributed by atoms with van der Waals surface area (Å²) >= 11 is 0. The third-order valence-corrected chi connectivity index (χ3v) is 2.49. The van der Waals surface area contributed by atoms with Gasteiger partial charge in [0.1, 0.15) is 22.8 Å². The molecule has 0 atom stereocenters. The highest BCUT2D eigenvalue weighted by Crippen LogP contribution is 2.38. The number of benzene rings is 1. The first-order valence-electron chi connectivity index (χ1n) is 5.22. The summed E-state index contributed by atoms with van der Waals surface area (Å²) in [6.07, 6.45) is 0. The van der Waals surface area contributed by atoms with Crippen molar-refractivity contribution in [1.82, 2.24) is 0 Å². The van der Waals surface area contributed by atoms with Crippen LogP contribution in [0.5, 0.6) is 11.5 Å². The number of carbonyl (C=O) groups is 1. The van der Waals surface area contributed by atoms with Crippen molar-refractivity contribution < 1.29 is 23.8 Å². The lowest BCUT2D eigenvalue weighted by molar-refractivity contribution is 0.0663. The lowest BCUT2D eigenvalue weighted by atomic mass is 10.1. The molecule has 0 fully saturated rings. The average molecular weight is 248 g/mol. The topological polar surface area (TPSA) is 68.9 Å². The number of carboxylic acids is 1. The summed E-state index contributed by atoms with van der Waals surface area (Å²) in [5, 5.41) is 8.84. The first-order valence-corrected chi connectivity index (χ1v) is 5.22. The largest absolute Gasteiger partial charge is 0.496 e. The Labute approximate surface area is 104 Å². The van der Waals surface area contributed by atoms with Crippen LogP contribution in [0.4, 0.5) is 0 Å². The number of rotatable bonds is 4. The van der Waals surface area contributed by atoms with Crippen molar-refractivity contribution in [2.75, 3.05) is 14.2 Å². The Morgan fingerprint density at radius 3 is 2.17 bits per heavy atom. The molecule has 0 saturated carbocycles. The molecule has 1 heterocycles. The number of carboxylic acid groups (broad SMARTS) is 1. The maximum absolute atomic E-state index is 10.8. The van der Waals surface area contributed by atoms with Gasteiger partial charge >= 0.3 is 5.97 Å². The minimum atomic E-state index is -1.12. The van der Waals surface area contributed by atoms with Crippen LogP contribution in [0.3, 0.4) is 0 Å². The zero-order chi connectivity index (χ0) is 13.1. The molecule has 18 heavy (non-hydrogen) atoms. The number of methoxy groups -OCH3 is 2. The highest BCUT2D eigenvalue weighted by atomic mass is 16.5. The van der Waals surface area contributed by atoms with Gasteiger partial charge in [-0.25, -0.2) is 4.79 Å². The highest BCUT2D eigenvalue weighted by molar-refractivity contribution is 5.86. The van der Waals surface area contributed by atoms with Gasteiger partial charge in [-0.2, -0.15) is 0 Å². The number of hydrogen-bond acceptors (Lipinski definition) is 4. The van der Waals surface area contributed by atoms with E-state index in [0.29, 0.717) is 22.8 Å². The predicted octanol–water partition coefficient (Wildman–Crippen LogP) is 2.66. The molecule has 1 N–H and O–H groups in total. The lowest BCUT2D eigenvalue weighted by Gasteiger charge is -2.10. The normalized spacial score (nSPS) is 10.1. The van der Waals surface area contributed by atoms with E-state index in [2.05, 4.69) is 0 Å². The molecule has 0 saturated heterocycles. The molecule has 0 radical (unpaired) electrons. The zero-order valence-electron chi connectivity index (χ0n) is 9.97. The molecule has 5 heteroatoms. The van der Waals surface area contributed by atoms with Crippen LogP contribution in [0.25, 0.3) is 11.3 Å². The summed E-state index contributed by atoms with van der Waals surface area (Å²) in [6.45, 7) is 0. The summed E-state index contributed by atoms with van der Waals surface area (Å²) in [5.41, 5.74) is 0.593. The van der Waals surface area contributed by atoms with Crippen molar-refractivity contribution in [3.8, 4) is 22.8 Å². The minimum absolute atomic E-state index is 0.127. The van der Waals surface area contributed by atoms with E-state index < -0.39 is 5.97 Å². The molecule has 0 aliphatic heterocycles. The van der Waals surface area contributed by atoms with E-state index in [0.717, 1.165) is 0 Å². The molecule has 2 rings (SSSR count). The van der Waals surface area contributed by atoms with Crippen molar-refractivity contribution in [3.63, 3.8) is 0 Å². The van der Waals surface area contributed by atoms with Gasteiger partial charge in [-0.05, 0) is 24.3 Å². The van der Waals surface area contributed by atoms with Gasteiger partial charge in [-0.3, -0.25) is 0 Å². The first kappa shape index (κ1) is 12.0. The highest BCUT2D eigenvalue weighted by Gasteiger charge is 2.17. The fourth-order valence-corrected chi connectivity index (χ4v) is 1.68. The molecule has 94 valence electrons. The fraction of sp³-hybridized carbons (Fsp3) is 0.154. The third-order valence-electron chi connectivity index (χ3n) is 2.49. The van der Waals surface area contributed by atoms with Crippen molar-refractivity contribution in [3.05, 3.63) is 36.1 Å². The van der Waals surface area contributed by atoms with Gasteiger partial charge in [-0.1, -0.05) is 6.07 Å². The number of furan rings is 1. The van der Waals surface area contributed by atoms with Crippen LogP contribution < -0.4 is 9.47 Å². The quantitative estimate of drug-likeness (QED) is 0.900. The van der Waals surface area contributed by atoms with E-state index in [1.807, 2.05) is 0 Å². The zero-order valence-corrected chi connectivity index (χ0v) is 9.97. The van der Waals surface area contributed by atoms with Crippen LogP contribution >= 0.6 is 0 Å². The van der Waals surface area contributed by atoms with E-state index >= 15 is 0 Å². The summed E-state index contributed by atoms with van der Waals surface area (Å²) in [5.74, 6) is 0.260. The molecule has 1 aromatic carbocycles. The van der Waals surface area contributed by atoms with Gasteiger partial charge < -0.3 is 19.0 Å². The number of hydrogen-bond donors (Lipinski definition) is 1. The number of ether oxygens (including phenoxy) is 2. The molecule has 0 spiro atoms. The van der Waals surface area contributed by atoms with E-state index in [1.165, 1.54) is 20.3 Å². The molecule has 2 aromatic rings. The van der Waals surface area contributed by atoms with Crippen LogP contribution in [0.2, 0.25) is 0 Å². The molecule has 0 aliphatic rings. The van der Waals surface area contributed by atoms with Gasteiger partial charge in [0.15, 0.2) is 0 Å². The Morgan fingerprint density at radius 2 is 1.72 bits per heavy atom. The summed E-state index contributed by atoms with van der Waals surface area (Å²) in [7, 11) is 3.05. The average Bonchev–Trinajstić information content (AvgIpc) is 2.87. The van der Waals surface area contributed by atoms with Crippen molar-refractivity contribution >= 4 is 5.97 Å². The van der Waals surface area contributed by atoms with Crippen molar-refractivity contribution in [2.24, 2.45) is 0 Å². The maximum Gasteiger partial charge on any atom is 0.371 e. The number of aromatic carboxylic acids is 1. The van der Waals surface area contributed by atoms with E-state index in [-0.39, 0.29) is 5.76 Å². The van der Waals surface area contributed by atoms with Crippen LogP contribution in [0, 0.1) is 0 Å². The molecule has 0 bridgehead atoms. The molecular weight excluding hydrogens is 236 g/mol. The second-order valence-electron chi connectivity index (χ2n) is 3.51. The summed E-state index contributed by atoms with van der Waals surface area (Å²) in [6, 6.07) is 8.25.